The van der Waals surface area contributed by atoms with E-state index in [1.54, 1.807) is 6.92 Å². The van der Waals surface area contributed by atoms with Gasteiger partial charge in [-0.1, -0.05) is 0 Å². The number of anilines is 1. The van der Waals surface area contributed by atoms with E-state index in [1.807, 2.05) is 0 Å². The van der Waals surface area contributed by atoms with Crippen molar-refractivity contribution in [2.45, 2.75) is 6.92 Å². The van der Waals surface area contributed by atoms with Crippen molar-refractivity contribution in [3.63, 3.8) is 0 Å². The molecule has 18 heavy (non-hydrogen) atoms. The van der Waals surface area contributed by atoms with E-state index < -0.39 is 11.8 Å². The highest BCUT2D eigenvalue weighted by Gasteiger charge is 2.14. The summed E-state index contributed by atoms with van der Waals surface area (Å²) < 4.78 is 18.0. The fourth-order valence-electron chi connectivity index (χ4n) is 1.13. The molecule has 0 aromatic carbocycles. The summed E-state index contributed by atoms with van der Waals surface area (Å²) in [6.45, 7) is 1.78. The van der Waals surface area contributed by atoms with Crippen molar-refractivity contribution in [3.05, 3.63) is 35.5 Å². The van der Waals surface area contributed by atoms with Gasteiger partial charge in [-0.3, -0.25) is 0 Å². The first kappa shape index (κ1) is 13.6. The molecule has 7 heteroatoms. The first-order valence-electron chi connectivity index (χ1n) is 5.15. The fourth-order valence-corrected chi connectivity index (χ4v) is 1.13. The summed E-state index contributed by atoms with van der Waals surface area (Å²) in [5.74, 6) is -1.69. The smallest absolute Gasteiger partial charge is 0.343 e. The van der Waals surface area contributed by atoms with Crippen molar-refractivity contribution in [2.24, 2.45) is 5.73 Å². The molecule has 0 saturated heterocycles. The van der Waals surface area contributed by atoms with Crippen LogP contribution in [0.2, 0.25) is 0 Å². The standard InChI is InChI=1S/C11H13FN4O2/c1-2-18-11(17)7(6-13)9(14)16-10-8(12)4-3-5-15-10/h3-6,13H,2,14H2,1H3,(H,15,16)/b9-7+,13-6?. The Balaban J connectivity index is 2.97. The number of esters is 1. The van der Waals surface area contributed by atoms with Gasteiger partial charge >= 0.3 is 5.97 Å². The van der Waals surface area contributed by atoms with E-state index in [1.165, 1.54) is 18.3 Å². The van der Waals surface area contributed by atoms with Crippen molar-refractivity contribution in [2.75, 3.05) is 11.9 Å². The first-order chi connectivity index (χ1) is 8.60. The van der Waals surface area contributed by atoms with Gasteiger partial charge in [0.1, 0.15) is 11.4 Å². The van der Waals surface area contributed by atoms with Crippen LogP contribution in [-0.2, 0) is 9.53 Å². The molecule has 0 aliphatic carbocycles. The third kappa shape index (κ3) is 3.27. The molecule has 0 unspecified atom stereocenters. The maximum atomic E-state index is 13.3. The first-order valence-corrected chi connectivity index (χ1v) is 5.15. The number of pyridine rings is 1. The van der Waals surface area contributed by atoms with E-state index in [0.717, 1.165) is 6.21 Å². The molecule has 96 valence electrons. The molecule has 0 atom stereocenters. The zero-order valence-corrected chi connectivity index (χ0v) is 9.74. The van der Waals surface area contributed by atoms with E-state index >= 15 is 0 Å². The molecule has 0 fully saturated rings. The number of carbonyl (C=O) groups excluding carboxylic acids is 1. The number of carbonyl (C=O) groups is 1. The number of hydrogen-bond donors (Lipinski definition) is 3. The third-order valence-corrected chi connectivity index (χ3v) is 1.94. The van der Waals surface area contributed by atoms with E-state index in [-0.39, 0.29) is 23.8 Å². The molecule has 1 rings (SSSR count). The van der Waals surface area contributed by atoms with Gasteiger partial charge in [0.25, 0.3) is 0 Å². The van der Waals surface area contributed by atoms with Crippen LogP contribution in [0.1, 0.15) is 6.92 Å². The van der Waals surface area contributed by atoms with Crippen molar-refractivity contribution in [1.29, 1.82) is 5.41 Å². The quantitative estimate of drug-likeness (QED) is 0.412. The average Bonchev–Trinajstić information content (AvgIpc) is 2.33. The Labute approximate surface area is 103 Å². The molecule has 0 saturated carbocycles. The molecular weight excluding hydrogens is 239 g/mol. The van der Waals surface area contributed by atoms with Crippen LogP contribution in [0.4, 0.5) is 10.2 Å². The number of aromatic nitrogens is 1. The van der Waals surface area contributed by atoms with Gasteiger partial charge in [0.05, 0.1) is 6.61 Å². The molecule has 0 spiro atoms. The molecular formula is C11H13FN4O2. The van der Waals surface area contributed by atoms with Gasteiger partial charge in [-0.05, 0) is 19.1 Å². The Bertz CT molecular complexity index is 488. The predicted molar refractivity (Wildman–Crippen MR) is 64.4 cm³/mol. The zero-order chi connectivity index (χ0) is 13.5. The fraction of sp³-hybridized carbons (Fsp3) is 0.182. The SMILES string of the molecule is CCOC(=O)/C(C=N)=C(\N)Nc1ncccc1F. The average molecular weight is 252 g/mol. The van der Waals surface area contributed by atoms with Gasteiger partial charge in [0.2, 0.25) is 0 Å². The summed E-state index contributed by atoms with van der Waals surface area (Å²) in [6.07, 6.45) is 2.11. The molecule has 0 amide bonds. The van der Waals surface area contributed by atoms with Crippen LogP contribution in [0, 0.1) is 11.2 Å². The number of nitrogens with one attached hydrogen (secondary N) is 2. The van der Waals surface area contributed by atoms with Crippen molar-refractivity contribution < 1.29 is 13.9 Å². The molecule has 0 aliphatic heterocycles. The Kier molecular flexibility index (Phi) is 4.79. The van der Waals surface area contributed by atoms with Crippen LogP contribution in [0.15, 0.2) is 29.7 Å². The Morgan fingerprint density at radius 3 is 3.00 bits per heavy atom. The van der Waals surface area contributed by atoms with Crippen LogP contribution >= 0.6 is 0 Å². The Morgan fingerprint density at radius 2 is 2.44 bits per heavy atom. The normalized spacial score (nSPS) is 11.4. The minimum absolute atomic E-state index is 0.126. The lowest BCUT2D eigenvalue weighted by Crippen LogP contribution is -2.21. The number of ether oxygens (including phenoxy) is 1. The molecule has 6 nitrogen and oxygen atoms in total. The van der Waals surface area contributed by atoms with Gasteiger partial charge < -0.3 is 21.2 Å². The minimum Gasteiger partial charge on any atom is -0.462 e. The van der Waals surface area contributed by atoms with Crippen molar-refractivity contribution >= 4 is 18.0 Å². The molecule has 0 radical (unpaired) electrons. The summed E-state index contributed by atoms with van der Waals surface area (Å²) >= 11 is 0. The van der Waals surface area contributed by atoms with Gasteiger partial charge in [0, 0.05) is 12.4 Å². The highest BCUT2D eigenvalue weighted by Crippen LogP contribution is 2.11. The number of rotatable bonds is 5. The number of hydrogen-bond acceptors (Lipinski definition) is 6. The summed E-state index contributed by atoms with van der Waals surface area (Å²) in [7, 11) is 0. The molecule has 1 aromatic rings. The lowest BCUT2D eigenvalue weighted by atomic mass is 10.3. The lowest BCUT2D eigenvalue weighted by molar-refractivity contribution is -0.137. The van der Waals surface area contributed by atoms with Crippen LogP contribution in [0.3, 0.4) is 0 Å². The molecule has 4 N–H and O–H groups in total. The predicted octanol–water partition coefficient (Wildman–Crippen LogP) is 1.02. The maximum Gasteiger partial charge on any atom is 0.343 e. The van der Waals surface area contributed by atoms with Gasteiger partial charge in [-0.15, -0.1) is 0 Å². The van der Waals surface area contributed by atoms with Crippen LogP contribution < -0.4 is 11.1 Å². The second-order valence-corrected chi connectivity index (χ2v) is 3.15. The highest BCUT2D eigenvalue weighted by molar-refractivity contribution is 6.09. The van der Waals surface area contributed by atoms with Crippen LogP contribution in [-0.4, -0.2) is 23.8 Å². The number of nitrogens with two attached hydrogens (primary N) is 1. The van der Waals surface area contributed by atoms with E-state index in [0.29, 0.717) is 0 Å². The van der Waals surface area contributed by atoms with E-state index in [9.17, 15) is 9.18 Å². The van der Waals surface area contributed by atoms with E-state index in [2.05, 4.69) is 10.3 Å². The topological polar surface area (TPSA) is 101 Å². The van der Waals surface area contributed by atoms with Crippen LogP contribution in [0.25, 0.3) is 0 Å². The number of halogens is 1. The van der Waals surface area contributed by atoms with Crippen LogP contribution in [0.5, 0.6) is 0 Å². The number of nitrogens with zero attached hydrogens (tertiary/aromatic N) is 1. The zero-order valence-electron chi connectivity index (χ0n) is 9.74. The highest BCUT2D eigenvalue weighted by atomic mass is 19.1. The second kappa shape index (κ2) is 6.33. The monoisotopic (exact) mass is 252 g/mol. The summed E-state index contributed by atoms with van der Waals surface area (Å²) in [6, 6.07) is 2.61. The molecule has 1 heterocycles. The Hall–Kier alpha value is -2.44. The molecule has 0 aliphatic rings. The third-order valence-electron chi connectivity index (χ3n) is 1.94. The van der Waals surface area contributed by atoms with Gasteiger partial charge in [-0.2, -0.15) is 0 Å². The second-order valence-electron chi connectivity index (χ2n) is 3.15. The largest absolute Gasteiger partial charge is 0.462 e. The maximum absolute atomic E-state index is 13.3. The minimum atomic E-state index is -0.756. The van der Waals surface area contributed by atoms with Gasteiger partial charge in [0.15, 0.2) is 11.6 Å². The molecule has 1 aromatic heterocycles. The lowest BCUT2D eigenvalue weighted by Gasteiger charge is -2.09. The summed E-state index contributed by atoms with van der Waals surface area (Å²) in [4.78, 5) is 15.1. The van der Waals surface area contributed by atoms with E-state index in [4.69, 9.17) is 15.9 Å². The Morgan fingerprint density at radius 1 is 1.72 bits per heavy atom. The van der Waals surface area contributed by atoms with Gasteiger partial charge in [-0.25, -0.2) is 14.2 Å². The molecule has 0 bridgehead atoms. The summed E-state index contributed by atoms with van der Waals surface area (Å²) in [5, 5.41) is 9.52. The van der Waals surface area contributed by atoms with Crippen molar-refractivity contribution in [3.8, 4) is 0 Å². The summed E-state index contributed by atoms with van der Waals surface area (Å²) in [5.41, 5.74) is 5.38. The van der Waals surface area contributed by atoms with Crippen molar-refractivity contribution in [1.82, 2.24) is 4.98 Å².